The standard InChI is InChI=1S/C31H30FN5O4/c1-19-4-3-5-25(32)24(19)18-41-27-9-6-20(12-26(27)38)15-36-16-22-8-7-21(13-23(22)17-36)30-33-14-29(35(30)2)37-11-10-28(39)34-31(37)40/h3-9,12-14,38H,10-11,15-18H2,1-2H3,(H,34,39,40). The topological polar surface area (TPSA) is 99.9 Å². The maximum Gasteiger partial charge on any atom is 0.329 e. The van der Waals surface area contributed by atoms with Crippen molar-refractivity contribution in [2.45, 2.75) is 39.6 Å². The van der Waals surface area contributed by atoms with Gasteiger partial charge in [0, 0.05) is 50.8 Å². The number of fused-ring (bicyclic) bond motifs is 1. The van der Waals surface area contributed by atoms with Crippen molar-refractivity contribution in [1.29, 1.82) is 0 Å². The van der Waals surface area contributed by atoms with E-state index in [-0.39, 0.29) is 30.5 Å². The average molecular weight is 556 g/mol. The number of imide groups is 1. The number of nitrogens with zero attached hydrogens (tertiary/aromatic N) is 4. The molecule has 9 nitrogen and oxygen atoms in total. The van der Waals surface area contributed by atoms with Gasteiger partial charge in [-0.1, -0.05) is 30.3 Å². The van der Waals surface area contributed by atoms with E-state index in [1.54, 1.807) is 24.4 Å². The Morgan fingerprint density at radius 3 is 2.68 bits per heavy atom. The Morgan fingerprint density at radius 1 is 1.07 bits per heavy atom. The van der Waals surface area contributed by atoms with Gasteiger partial charge in [-0.2, -0.15) is 0 Å². The van der Waals surface area contributed by atoms with Crippen molar-refractivity contribution in [2.24, 2.45) is 7.05 Å². The molecule has 0 atom stereocenters. The molecule has 10 heteroatoms. The summed E-state index contributed by atoms with van der Waals surface area (Å²) in [6.07, 6.45) is 1.91. The smallest absolute Gasteiger partial charge is 0.329 e. The average Bonchev–Trinajstić information content (AvgIpc) is 3.51. The van der Waals surface area contributed by atoms with Gasteiger partial charge in [0.15, 0.2) is 11.5 Å². The molecule has 0 spiro atoms. The second-order valence-corrected chi connectivity index (χ2v) is 10.5. The zero-order chi connectivity index (χ0) is 28.7. The minimum absolute atomic E-state index is 0.0211. The van der Waals surface area contributed by atoms with Gasteiger partial charge in [-0.05, 0) is 53.4 Å². The molecular weight excluding hydrogens is 525 g/mol. The van der Waals surface area contributed by atoms with Crippen LogP contribution in [0.25, 0.3) is 11.4 Å². The summed E-state index contributed by atoms with van der Waals surface area (Å²) < 4.78 is 21.7. The lowest BCUT2D eigenvalue weighted by atomic mass is 10.1. The number of rotatable bonds is 7. The molecule has 0 saturated carbocycles. The maximum absolute atomic E-state index is 14.1. The van der Waals surface area contributed by atoms with Crippen molar-refractivity contribution in [3.8, 4) is 22.9 Å². The molecule has 0 unspecified atom stereocenters. The molecule has 2 N–H and O–H groups in total. The molecule has 0 radical (unpaired) electrons. The Labute approximate surface area is 236 Å². The van der Waals surface area contributed by atoms with E-state index >= 15 is 0 Å². The summed E-state index contributed by atoms with van der Waals surface area (Å²) in [6, 6.07) is 16.0. The number of ether oxygens (including phenoxy) is 1. The highest BCUT2D eigenvalue weighted by atomic mass is 19.1. The molecule has 3 amide bonds. The van der Waals surface area contributed by atoms with Gasteiger partial charge in [-0.15, -0.1) is 0 Å². The molecule has 0 aliphatic carbocycles. The zero-order valence-corrected chi connectivity index (χ0v) is 22.9. The van der Waals surface area contributed by atoms with Crippen LogP contribution in [0.2, 0.25) is 0 Å². The molecule has 4 aromatic rings. The van der Waals surface area contributed by atoms with E-state index in [1.807, 2.05) is 36.7 Å². The van der Waals surface area contributed by atoms with Crippen LogP contribution in [-0.4, -0.2) is 38.0 Å². The van der Waals surface area contributed by atoms with E-state index in [9.17, 15) is 19.1 Å². The minimum atomic E-state index is -0.439. The summed E-state index contributed by atoms with van der Waals surface area (Å²) in [4.78, 5) is 32.2. The number of aryl methyl sites for hydroxylation is 1. The third kappa shape index (κ3) is 5.26. The quantitative estimate of drug-likeness (QED) is 0.341. The molecule has 2 aliphatic heterocycles. The Hall–Kier alpha value is -4.70. The van der Waals surface area contributed by atoms with Crippen molar-refractivity contribution < 1.29 is 23.8 Å². The molecule has 1 saturated heterocycles. The third-order valence-electron chi connectivity index (χ3n) is 7.70. The van der Waals surface area contributed by atoms with E-state index in [1.165, 1.54) is 22.1 Å². The number of anilines is 1. The van der Waals surface area contributed by atoms with E-state index in [4.69, 9.17) is 4.74 Å². The summed E-state index contributed by atoms with van der Waals surface area (Å²) in [5.41, 5.74) is 5.57. The number of amides is 3. The number of carbonyl (C=O) groups excluding carboxylic acids is 2. The number of aromatic nitrogens is 2. The van der Waals surface area contributed by atoms with Crippen LogP contribution < -0.4 is 15.0 Å². The van der Waals surface area contributed by atoms with Gasteiger partial charge in [0.2, 0.25) is 5.91 Å². The van der Waals surface area contributed by atoms with Gasteiger partial charge in [0.05, 0.1) is 6.20 Å². The first-order chi connectivity index (χ1) is 19.8. The van der Waals surface area contributed by atoms with E-state index in [2.05, 4.69) is 27.3 Å². The molecule has 6 rings (SSSR count). The Bertz CT molecular complexity index is 1650. The van der Waals surface area contributed by atoms with Gasteiger partial charge >= 0.3 is 6.03 Å². The number of carbonyl (C=O) groups is 2. The number of hydrogen-bond donors (Lipinski definition) is 2. The molecule has 210 valence electrons. The Morgan fingerprint density at radius 2 is 1.90 bits per heavy atom. The van der Waals surface area contributed by atoms with Gasteiger partial charge < -0.3 is 14.4 Å². The number of phenolic OH excluding ortho intramolecular Hbond substituents is 1. The molecule has 41 heavy (non-hydrogen) atoms. The van der Waals surface area contributed by atoms with E-state index in [0.717, 1.165) is 35.6 Å². The molecule has 3 aromatic carbocycles. The van der Waals surface area contributed by atoms with Crippen molar-refractivity contribution in [3.63, 3.8) is 0 Å². The van der Waals surface area contributed by atoms with Crippen LogP contribution in [0.15, 0.2) is 60.8 Å². The summed E-state index contributed by atoms with van der Waals surface area (Å²) in [7, 11) is 1.86. The van der Waals surface area contributed by atoms with Crippen LogP contribution in [0.3, 0.4) is 0 Å². The summed E-state index contributed by atoms with van der Waals surface area (Å²) >= 11 is 0. The van der Waals surface area contributed by atoms with Crippen LogP contribution in [0.1, 0.15) is 34.2 Å². The molecule has 3 heterocycles. The highest BCUT2D eigenvalue weighted by Gasteiger charge is 2.28. The lowest BCUT2D eigenvalue weighted by Crippen LogP contribution is -2.50. The third-order valence-corrected chi connectivity index (χ3v) is 7.70. The van der Waals surface area contributed by atoms with Gasteiger partial charge in [0.25, 0.3) is 0 Å². The van der Waals surface area contributed by atoms with Crippen molar-refractivity contribution in [1.82, 2.24) is 19.8 Å². The maximum atomic E-state index is 14.1. The fourth-order valence-electron chi connectivity index (χ4n) is 5.46. The van der Waals surface area contributed by atoms with Crippen LogP contribution in [0, 0.1) is 12.7 Å². The Balaban J connectivity index is 1.11. The number of hydrogen-bond acceptors (Lipinski definition) is 6. The van der Waals surface area contributed by atoms with Crippen LogP contribution in [0.5, 0.6) is 11.5 Å². The molecule has 0 bridgehead atoms. The molecule has 2 aliphatic rings. The first kappa shape index (κ1) is 26.5. The lowest BCUT2D eigenvalue weighted by Gasteiger charge is -2.26. The monoisotopic (exact) mass is 555 g/mol. The second kappa shape index (κ2) is 10.7. The van der Waals surface area contributed by atoms with Gasteiger partial charge in [-0.25, -0.2) is 14.2 Å². The normalized spacial score (nSPS) is 15.2. The van der Waals surface area contributed by atoms with Crippen molar-refractivity contribution >= 4 is 17.8 Å². The van der Waals surface area contributed by atoms with Crippen LogP contribution >= 0.6 is 0 Å². The second-order valence-electron chi connectivity index (χ2n) is 10.5. The van der Waals surface area contributed by atoms with E-state index < -0.39 is 6.03 Å². The van der Waals surface area contributed by atoms with Gasteiger partial charge in [0.1, 0.15) is 24.1 Å². The van der Waals surface area contributed by atoms with Gasteiger partial charge in [-0.3, -0.25) is 19.9 Å². The first-order valence-corrected chi connectivity index (χ1v) is 13.4. The number of aromatic hydroxyl groups is 1. The molecule has 1 aromatic heterocycles. The summed E-state index contributed by atoms with van der Waals surface area (Å²) in [6.45, 7) is 4.33. The number of benzene rings is 3. The number of phenols is 1. The minimum Gasteiger partial charge on any atom is -0.504 e. The highest BCUT2D eigenvalue weighted by Crippen LogP contribution is 2.33. The predicted molar refractivity (Wildman–Crippen MR) is 151 cm³/mol. The first-order valence-electron chi connectivity index (χ1n) is 13.4. The number of urea groups is 1. The number of nitrogens with one attached hydrogen (secondary N) is 1. The predicted octanol–water partition coefficient (Wildman–Crippen LogP) is 4.78. The highest BCUT2D eigenvalue weighted by molar-refractivity contribution is 6.05. The van der Waals surface area contributed by atoms with E-state index in [0.29, 0.717) is 30.2 Å². The van der Waals surface area contributed by atoms with Crippen LogP contribution in [-0.2, 0) is 38.1 Å². The fourth-order valence-corrected chi connectivity index (χ4v) is 5.46. The fraction of sp³-hybridized carbons (Fsp3) is 0.258. The lowest BCUT2D eigenvalue weighted by molar-refractivity contribution is -0.120. The number of halogens is 1. The SMILES string of the molecule is Cc1cccc(F)c1COc1ccc(CN2Cc3ccc(-c4ncc(N5CCC(=O)NC5=O)n4C)cc3C2)cc1O. The zero-order valence-electron chi connectivity index (χ0n) is 22.9. The van der Waals surface area contributed by atoms with Crippen LogP contribution in [0.4, 0.5) is 15.0 Å². The number of imidazole rings is 1. The van der Waals surface area contributed by atoms with Crippen molar-refractivity contribution in [2.75, 3.05) is 11.4 Å². The van der Waals surface area contributed by atoms with Crippen molar-refractivity contribution in [3.05, 3.63) is 94.4 Å². The Kier molecular flexibility index (Phi) is 6.92. The molecular formula is C31H30FN5O4. The summed E-state index contributed by atoms with van der Waals surface area (Å²) in [5.74, 6) is 1.10. The summed E-state index contributed by atoms with van der Waals surface area (Å²) in [5, 5.41) is 12.9. The largest absolute Gasteiger partial charge is 0.504 e. The molecule has 1 fully saturated rings.